The smallest absolute Gasteiger partial charge is 0.270 e. The van der Waals surface area contributed by atoms with Gasteiger partial charge in [-0.15, -0.1) is 0 Å². The fourth-order valence-electron chi connectivity index (χ4n) is 0.941. The van der Waals surface area contributed by atoms with Gasteiger partial charge in [0.25, 0.3) is 11.7 Å². The van der Waals surface area contributed by atoms with Crippen LogP contribution in [0.15, 0.2) is 6.07 Å². The fourth-order valence-corrected chi connectivity index (χ4v) is 1.04. The lowest BCUT2D eigenvalue weighted by molar-refractivity contribution is 0.107. The molecule has 1 aromatic rings. The van der Waals surface area contributed by atoms with E-state index in [2.05, 4.69) is 4.98 Å². The molecule has 1 rings (SSSR count). The largest absolute Gasteiger partial charge is 0.274 e. The number of pyridine rings is 1. The van der Waals surface area contributed by atoms with Crippen molar-refractivity contribution in [2.75, 3.05) is 0 Å². The van der Waals surface area contributed by atoms with Crippen molar-refractivity contribution < 1.29 is 18.0 Å². The number of carbonyl (C=O) groups excluding carboxylic acids is 1. The molecule has 76 valence electrons. The zero-order chi connectivity index (χ0) is 10.9. The monoisotopic (exact) mass is 223 g/mol. The molecule has 6 heteroatoms. The predicted molar refractivity (Wildman–Crippen MR) is 44.1 cm³/mol. The highest BCUT2D eigenvalue weighted by molar-refractivity contribution is 6.67. The molecule has 0 radical (unpaired) electrons. The highest BCUT2D eigenvalue weighted by Crippen LogP contribution is 2.24. The maximum atomic E-state index is 13.0. The van der Waals surface area contributed by atoms with Crippen LogP contribution >= 0.6 is 11.6 Å². The van der Waals surface area contributed by atoms with Crippen LogP contribution < -0.4 is 0 Å². The van der Waals surface area contributed by atoms with E-state index in [4.69, 9.17) is 11.6 Å². The number of rotatable bonds is 2. The number of alkyl halides is 2. The molecule has 1 heterocycles. The summed E-state index contributed by atoms with van der Waals surface area (Å²) in [6, 6.07) is 0.655. The Hall–Kier alpha value is -1.10. The van der Waals surface area contributed by atoms with Crippen LogP contribution in [0.25, 0.3) is 0 Å². The van der Waals surface area contributed by atoms with Gasteiger partial charge in [0.1, 0.15) is 5.69 Å². The molecule has 14 heavy (non-hydrogen) atoms. The normalized spacial score (nSPS) is 10.7. The lowest BCUT2D eigenvalue weighted by Gasteiger charge is -2.05. The summed E-state index contributed by atoms with van der Waals surface area (Å²) >= 11 is 5.04. The number of aromatic nitrogens is 1. The first kappa shape index (κ1) is 11.0. The van der Waals surface area contributed by atoms with Crippen molar-refractivity contribution in [3.63, 3.8) is 0 Å². The van der Waals surface area contributed by atoms with E-state index < -0.39 is 23.0 Å². The lowest BCUT2D eigenvalue weighted by atomic mass is 10.2. The van der Waals surface area contributed by atoms with Gasteiger partial charge in [-0.3, -0.25) is 4.79 Å². The molecule has 0 aliphatic heterocycles. The second-order valence-electron chi connectivity index (χ2n) is 2.57. The first-order valence-corrected chi connectivity index (χ1v) is 3.96. The molecule has 0 aliphatic carbocycles. The van der Waals surface area contributed by atoms with Crippen molar-refractivity contribution >= 4 is 16.8 Å². The molecule has 0 amide bonds. The summed E-state index contributed by atoms with van der Waals surface area (Å²) in [5.41, 5.74) is -1.51. The van der Waals surface area contributed by atoms with Crippen molar-refractivity contribution in [2.45, 2.75) is 13.3 Å². The van der Waals surface area contributed by atoms with Crippen LogP contribution in [0.4, 0.5) is 13.2 Å². The molecule has 0 N–H and O–H groups in total. The van der Waals surface area contributed by atoms with Gasteiger partial charge in [-0.05, 0) is 24.6 Å². The summed E-state index contributed by atoms with van der Waals surface area (Å²) in [5, 5.41) is -0.991. The predicted octanol–water partition coefficient (Wildman–Crippen LogP) is 2.85. The van der Waals surface area contributed by atoms with Gasteiger partial charge in [0, 0.05) is 0 Å². The Bertz CT molecular complexity index is 381. The Labute approximate surface area is 82.7 Å². The average Bonchev–Trinajstić information content (AvgIpc) is 2.08. The van der Waals surface area contributed by atoms with Crippen molar-refractivity contribution in [1.82, 2.24) is 4.98 Å². The molecule has 0 aromatic carbocycles. The Kier molecular flexibility index (Phi) is 3.10. The highest BCUT2D eigenvalue weighted by Gasteiger charge is 2.19. The van der Waals surface area contributed by atoms with E-state index in [9.17, 15) is 18.0 Å². The minimum atomic E-state index is -2.99. The third-order valence-electron chi connectivity index (χ3n) is 1.59. The SMILES string of the molecule is Cc1nc(C(=O)Cl)cc(C(F)F)c1F. The summed E-state index contributed by atoms with van der Waals surface area (Å²) in [6.07, 6.45) is -2.99. The van der Waals surface area contributed by atoms with Crippen molar-refractivity contribution in [3.05, 3.63) is 28.8 Å². The van der Waals surface area contributed by atoms with Crippen molar-refractivity contribution in [2.24, 2.45) is 0 Å². The van der Waals surface area contributed by atoms with Crippen LogP contribution in [-0.4, -0.2) is 10.2 Å². The second kappa shape index (κ2) is 3.96. The number of hydrogen-bond acceptors (Lipinski definition) is 2. The van der Waals surface area contributed by atoms with E-state index in [0.717, 1.165) is 0 Å². The summed E-state index contributed by atoms with van der Waals surface area (Å²) in [5.74, 6) is -1.11. The van der Waals surface area contributed by atoms with Crippen LogP contribution in [0.2, 0.25) is 0 Å². The van der Waals surface area contributed by atoms with Crippen molar-refractivity contribution in [3.8, 4) is 0 Å². The third-order valence-corrected chi connectivity index (χ3v) is 1.78. The van der Waals surface area contributed by atoms with Gasteiger partial charge >= 0.3 is 0 Å². The van der Waals surface area contributed by atoms with Crippen molar-refractivity contribution in [1.29, 1.82) is 0 Å². The zero-order valence-electron chi connectivity index (χ0n) is 7.02. The van der Waals surface area contributed by atoms with Gasteiger partial charge in [-0.1, -0.05) is 0 Å². The molecule has 2 nitrogen and oxygen atoms in total. The summed E-state index contributed by atoms with van der Waals surface area (Å²) < 4.78 is 37.5. The molecule has 0 saturated heterocycles. The molecule has 0 bridgehead atoms. The third kappa shape index (κ3) is 2.04. The number of halogens is 4. The molecular formula is C8H5ClF3NO. The van der Waals surface area contributed by atoms with Gasteiger partial charge in [-0.25, -0.2) is 18.2 Å². The number of nitrogens with zero attached hydrogens (tertiary/aromatic N) is 1. The summed E-state index contributed by atoms with van der Waals surface area (Å²) in [4.78, 5) is 14.0. The molecule has 1 aromatic heterocycles. The van der Waals surface area contributed by atoms with E-state index in [-0.39, 0.29) is 11.4 Å². The number of hydrogen-bond donors (Lipinski definition) is 0. The van der Waals surface area contributed by atoms with E-state index in [1.807, 2.05) is 0 Å². The Morgan fingerprint density at radius 1 is 1.57 bits per heavy atom. The Morgan fingerprint density at radius 3 is 2.57 bits per heavy atom. The van der Waals surface area contributed by atoms with Crippen LogP contribution in [0.1, 0.15) is 28.2 Å². The Balaban J connectivity index is 3.35. The summed E-state index contributed by atoms with van der Waals surface area (Å²) in [7, 11) is 0. The van der Waals surface area contributed by atoms with E-state index in [1.165, 1.54) is 6.92 Å². The Morgan fingerprint density at radius 2 is 2.14 bits per heavy atom. The molecule has 0 saturated carbocycles. The average molecular weight is 224 g/mol. The first-order chi connectivity index (χ1) is 6.43. The lowest BCUT2D eigenvalue weighted by Crippen LogP contribution is -2.03. The second-order valence-corrected chi connectivity index (χ2v) is 2.91. The molecule has 0 aliphatic rings. The minimum absolute atomic E-state index is 0.271. The van der Waals surface area contributed by atoms with Crippen LogP contribution in [0.3, 0.4) is 0 Å². The molecular weight excluding hydrogens is 219 g/mol. The topological polar surface area (TPSA) is 30.0 Å². The van der Waals surface area contributed by atoms with E-state index >= 15 is 0 Å². The maximum absolute atomic E-state index is 13.0. The van der Waals surface area contributed by atoms with Gasteiger partial charge in [0.2, 0.25) is 0 Å². The van der Waals surface area contributed by atoms with E-state index in [0.29, 0.717) is 6.07 Å². The fraction of sp³-hybridized carbons (Fsp3) is 0.250. The standard InChI is InChI=1S/C8H5ClF3NO/c1-3-6(10)4(8(11)12)2-5(13-3)7(9)14/h2,8H,1H3. The van der Waals surface area contributed by atoms with Crippen LogP contribution in [-0.2, 0) is 0 Å². The van der Waals surface area contributed by atoms with Gasteiger partial charge < -0.3 is 0 Å². The highest BCUT2D eigenvalue weighted by atomic mass is 35.5. The van der Waals surface area contributed by atoms with Gasteiger partial charge in [0.15, 0.2) is 5.82 Å². The molecule has 0 unspecified atom stereocenters. The van der Waals surface area contributed by atoms with Crippen LogP contribution in [0.5, 0.6) is 0 Å². The van der Waals surface area contributed by atoms with Crippen LogP contribution in [0, 0.1) is 12.7 Å². The minimum Gasteiger partial charge on any atom is -0.274 e. The van der Waals surface area contributed by atoms with Gasteiger partial charge in [-0.2, -0.15) is 0 Å². The molecule has 0 fully saturated rings. The number of aryl methyl sites for hydroxylation is 1. The quantitative estimate of drug-likeness (QED) is 0.722. The summed E-state index contributed by atoms with van der Waals surface area (Å²) in [6.45, 7) is 1.19. The molecule has 0 spiro atoms. The van der Waals surface area contributed by atoms with E-state index in [1.54, 1.807) is 0 Å². The zero-order valence-corrected chi connectivity index (χ0v) is 7.78. The maximum Gasteiger partial charge on any atom is 0.270 e. The molecule has 0 atom stereocenters. The first-order valence-electron chi connectivity index (χ1n) is 3.58. The number of carbonyl (C=O) groups is 1. The van der Waals surface area contributed by atoms with Gasteiger partial charge in [0.05, 0.1) is 11.3 Å².